The summed E-state index contributed by atoms with van der Waals surface area (Å²) in [6.45, 7) is 3.51. The van der Waals surface area contributed by atoms with Crippen molar-refractivity contribution in [2.45, 2.75) is 25.6 Å². The van der Waals surface area contributed by atoms with Crippen molar-refractivity contribution in [1.29, 1.82) is 0 Å². The molecule has 1 atom stereocenters. The van der Waals surface area contributed by atoms with Gasteiger partial charge in [0, 0.05) is 25.4 Å². The monoisotopic (exact) mass is 302 g/mol. The zero-order valence-electron chi connectivity index (χ0n) is 11.6. The molecular formula is C14H17F3N2O2. The summed E-state index contributed by atoms with van der Waals surface area (Å²) in [6.07, 6.45) is -3.68. The number of hydrogen-bond donors (Lipinski definition) is 1. The van der Waals surface area contributed by atoms with Crippen molar-refractivity contribution in [3.8, 4) is 0 Å². The first kappa shape index (κ1) is 15.6. The fraction of sp³-hybridized carbons (Fsp3) is 0.500. The summed E-state index contributed by atoms with van der Waals surface area (Å²) >= 11 is 0. The van der Waals surface area contributed by atoms with Crippen molar-refractivity contribution >= 4 is 11.7 Å². The number of hydrogen-bond acceptors (Lipinski definition) is 2. The smallest absolute Gasteiger partial charge is 0.377 e. The van der Waals surface area contributed by atoms with Crippen LogP contribution in [-0.2, 0) is 10.9 Å². The lowest BCUT2D eigenvalue weighted by Crippen LogP contribution is -2.38. The summed E-state index contributed by atoms with van der Waals surface area (Å²) in [5, 5.41) is 2.60. The molecule has 1 aromatic rings. The fourth-order valence-electron chi connectivity index (χ4n) is 2.12. The van der Waals surface area contributed by atoms with Crippen LogP contribution in [0.1, 0.15) is 18.9 Å². The van der Waals surface area contributed by atoms with Crippen LogP contribution in [0.25, 0.3) is 0 Å². The Morgan fingerprint density at radius 2 is 2.00 bits per heavy atom. The van der Waals surface area contributed by atoms with E-state index < -0.39 is 11.7 Å². The van der Waals surface area contributed by atoms with Gasteiger partial charge in [-0.1, -0.05) is 0 Å². The second kappa shape index (κ2) is 6.34. The molecule has 4 nitrogen and oxygen atoms in total. The van der Waals surface area contributed by atoms with E-state index in [9.17, 15) is 18.0 Å². The van der Waals surface area contributed by atoms with Crippen LogP contribution in [0.4, 0.5) is 23.7 Å². The van der Waals surface area contributed by atoms with E-state index in [4.69, 9.17) is 4.74 Å². The molecular weight excluding hydrogens is 285 g/mol. The van der Waals surface area contributed by atoms with Crippen molar-refractivity contribution in [2.75, 3.05) is 25.0 Å². The van der Waals surface area contributed by atoms with E-state index in [1.807, 2.05) is 6.92 Å². The van der Waals surface area contributed by atoms with Gasteiger partial charge in [0.1, 0.15) is 0 Å². The third-order valence-corrected chi connectivity index (χ3v) is 3.20. The number of carbonyl (C=O) groups excluding carboxylic acids is 1. The van der Waals surface area contributed by atoms with Gasteiger partial charge in [-0.25, -0.2) is 4.79 Å². The number of urea groups is 1. The lowest BCUT2D eigenvalue weighted by molar-refractivity contribution is -0.137. The summed E-state index contributed by atoms with van der Waals surface area (Å²) in [4.78, 5) is 13.7. The molecule has 0 saturated carbocycles. The number of benzene rings is 1. The minimum atomic E-state index is -4.37. The number of ether oxygens (including phenoxy) is 1. The van der Waals surface area contributed by atoms with Gasteiger partial charge in [0.05, 0.1) is 11.7 Å². The number of rotatable bonds is 1. The normalized spacial score (nSPS) is 20.0. The van der Waals surface area contributed by atoms with E-state index in [0.29, 0.717) is 25.4 Å². The van der Waals surface area contributed by atoms with Gasteiger partial charge in [0.2, 0.25) is 0 Å². The molecule has 2 rings (SSSR count). The van der Waals surface area contributed by atoms with E-state index in [-0.39, 0.29) is 12.1 Å². The molecule has 1 heterocycles. The highest BCUT2D eigenvalue weighted by atomic mass is 19.4. The number of halogens is 3. The lowest BCUT2D eigenvalue weighted by Gasteiger charge is -2.22. The van der Waals surface area contributed by atoms with Crippen molar-refractivity contribution in [3.05, 3.63) is 29.8 Å². The van der Waals surface area contributed by atoms with Crippen LogP contribution in [0.15, 0.2) is 24.3 Å². The van der Waals surface area contributed by atoms with Crippen LogP contribution in [0.5, 0.6) is 0 Å². The molecule has 0 radical (unpaired) electrons. The van der Waals surface area contributed by atoms with Gasteiger partial charge in [0.15, 0.2) is 0 Å². The second-order valence-electron chi connectivity index (χ2n) is 4.99. The van der Waals surface area contributed by atoms with Crippen LogP contribution < -0.4 is 5.32 Å². The highest BCUT2D eigenvalue weighted by molar-refractivity contribution is 5.89. The van der Waals surface area contributed by atoms with E-state index in [1.54, 1.807) is 4.90 Å². The molecule has 1 aliphatic rings. The van der Waals surface area contributed by atoms with Crippen molar-refractivity contribution in [2.24, 2.45) is 0 Å². The highest BCUT2D eigenvalue weighted by Gasteiger charge is 2.30. The van der Waals surface area contributed by atoms with E-state index in [1.165, 1.54) is 12.1 Å². The maximum atomic E-state index is 12.5. The standard InChI is InChI=1S/C14H17F3N2O2/c1-10-9-19(7-2-8-21-10)13(20)18-12-5-3-11(4-6-12)14(15,16)17/h3-6,10H,2,7-9H2,1H3,(H,18,20). The molecule has 1 N–H and O–H groups in total. The Hall–Kier alpha value is -1.76. The molecule has 7 heteroatoms. The van der Waals surface area contributed by atoms with Crippen LogP contribution in [0.3, 0.4) is 0 Å². The van der Waals surface area contributed by atoms with Crippen molar-refractivity contribution in [1.82, 2.24) is 4.90 Å². The quantitative estimate of drug-likeness (QED) is 0.864. The second-order valence-corrected chi connectivity index (χ2v) is 4.99. The molecule has 2 amide bonds. The van der Waals surface area contributed by atoms with Gasteiger partial charge >= 0.3 is 12.2 Å². The molecule has 1 aromatic carbocycles. The third-order valence-electron chi connectivity index (χ3n) is 3.20. The molecule has 0 aliphatic carbocycles. The minimum absolute atomic E-state index is 0.0501. The van der Waals surface area contributed by atoms with Gasteiger partial charge < -0.3 is 15.0 Å². The summed E-state index contributed by atoms with van der Waals surface area (Å²) in [7, 11) is 0. The summed E-state index contributed by atoms with van der Waals surface area (Å²) in [5.74, 6) is 0. The SMILES string of the molecule is CC1CN(C(=O)Nc2ccc(C(F)(F)F)cc2)CCCO1. The number of carbonyl (C=O) groups is 1. The van der Waals surface area contributed by atoms with Crippen LogP contribution in [-0.4, -0.2) is 36.7 Å². The number of nitrogens with zero attached hydrogens (tertiary/aromatic N) is 1. The molecule has 0 bridgehead atoms. The molecule has 0 spiro atoms. The van der Waals surface area contributed by atoms with E-state index in [2.05, 4.69) is 5.32 Å². The highest BCUT2D eigenvalue weighted by Crippen LogP contribution is 2.29. The van der Waals surface area contributed by atoms with Gasteiger partial charge in [-0.05, 0) is 37.6 Å². The summed E-state index contributed by atoms with van der Waals surface area (Å²) in [5.41, 5.74) is -0.400. The van der Waals surface area contributed by atoms with Crippen LogP contribution in [0, 0.1) is 0 Å². The Morgan fingerprint density at radius 3 is 2.62 bits per heavy atom. The first-order valence-electron chi connectivity index (χ1n) is 6.71. The molecule has 1 saturated heterocycles. The first-order chi connectivity index (χ1) is 9.86. The van der Waals surface area contributed by atoms with Gasteiger partial charge in [-0.2, -0.15) is 13.2 Å². The average molecular weight is 302 g/mol. The Morgan fingerprint density at radius 1 is 1.33 bits per heavy atom. The van der Waals surface area contributed by atoms with Crippen molar-refractivity contribution < 1.29 is 22.7 Å². The summed E-state index contributed by atoms with van der Waals surface area (Å²) < 4.78 is 42.8. The Bertz CT molecular complexity index is 488. The zero-order chi connectivity index (χ0) is 15.5. The van der Waals surface area contributed by atoms with Gasteiger partial charge in [-0.15, -0.1) is 0 Å². The average Bonchev–Trinajstić information content (AvgIpc) is 2.63. The third kappa shape index (κ3) is 4.35. The van der Waals surface area contributed by atoms with Crippen molar-refractivity contribution in [3.63, 3.8) is 0 Å². The predicted molar refractivity (Wildman–Crippen MR) is 72.1 cm³/mol. The Kier molecular flexibility index (Phi) is 4.72. The minimum Gasteiger partial charge on any atom is -0.377 e. The number of anilines is 1. The fourth-order valence-corrected chi connectivity index (χ4v) is 2.12. The number of alkyl halides is 3. The Balaban J connectivity index is 1.99. The zero-order valence-corrected chi connectivity index (χ0v) is 11.6. The Labute approximate surface area is 120 Å². The number of nitrogens with one attached hydrogen (secondary N) is 1. The van der Waals surface area contributed by atoms with Crippen LogP contribution in [0.2, 0.25) is 0 Å². The van der Waals surface area contributed by atoms with E-state index >= 15 is 0 Å². The maximum Gasteiger partial charge on any atom is 0.416 e. The van der Waals surface area contributed by atoms with E-state index in [0.717, 1.165) is 18.6 Å². The van der Waals surface area contributed by atoms with Gasteiger partial charge in [0.25, 0.3) is 0 Å². The molecule has 21 heavy (non-hydrogen) atoms. The predicted octanol–water partition coefficient (Wildman–Crippen LogP) is 3.35. The summed E-state index contributed by atoms with van der Waals surface area (Å²) in [6, 6.07) is 4.07. The lowest BCUT2D eigenvalue weighted by atomic mass is 10.2. The molecule has 1 aliphatic heterocycles. The molecule has 0 aromatic heterocycles. The largest absolute Gasteiger partial charge is 0.416 e. The molecule has 1 unspecified atom stereocenters. The maximum absolute atomic E-state index is 12.5. The topological polar surface area (TPSA) is 41.6 Å². The molecule has 1 fully saturated rings. The van der Waals surface area contributed by atoms with Crippen LogP contribution >= 0.6 is 0 Å². The molecule has 116 valence electrons. The first-order valence-corrected chi connectivity index (χ1v) is 6.71. The van der Waals surface area contributed by atoms with Gasteiger partial charge in [-0.3, -0.25) is 0 Å². The number of amides is 2.